The van der Waals surface area contributed by atoms with Crippen LogP contribution in [0.2, 0.25) is 0 Å². The van der Waals surface area contributed by atoms with Gasteiger partial charge in [0.2, 0.25) is 0 Å². The van der Waals surface area contributed by atoms with Crippen LogP contribution in [0.1, 0.15) is 25.7 Å². The monoisotopic (exact) mass is 280 g/mol. The van der Waals surface area contributed by atoms with Crippen LogP contribution < -0.4 is 0 Å². The second-order valence-corrected chi connectivity index (χ2v) is 6.51. The standard InChI is InChI=1S/C11H24N2O4S/c1-12(8-10-17-11-9-14)18(15,16)13-6-4-2-3-5-7-13/h14H,2-11H2,1H3. The van der Waals surface area contributed by atoms with Crippen molar-refractivity contribution in [3.8, 4) is 0 Å². The normalized spacial score (nSPS) is 19.1. The van der Waals surface area contributed by atoms with E-state index >= 15 is 0 Å². The third kappa shape index (κ3) is 4.81. The van der Waals surface area contributed by atoms with E-state index in [1.807, 2.05) is 0 Å². The summed E-state index contributed by atoms with van der Waals surface area (Å²) in [5.41, 5.74) is 0. The zero-order valence-electron chi connectivity index (χ0n) is 11.0. The van der Waals surface area contributed by atoms with Gasteiger partial charge in [-0.25, -0.2) is 0 Å². The number of likely N-dealkylation sites (N-methyl/N-ethyl adjacent to an activating group) is 1. The smallest absolute Gasteiger partial charge is 0.281 e. The number of ether oxygens (including phenoxy) is 1. The minimum atomic E-state index is -3.35. The van der Waals surface area contributed by atoms with Gasteiger partial charge in [-0.3, -0.25) is 0 Å². The lowest BCUT2D eigenvalue weighted by atomic mass is 10.2. The van der Waals surface area contributed by atoms with Crippen LogP contribution >= 0.6 is 0 Å². The lowest BCUT2D eigenvalue weighted by Gasteiger charge is -2.26. The Morgan fingerprint density at radius 1 is 1.17 bits per heavy atom. The van der Waals surface area contributed by atoms with E-state index in [1.165, 1.54) is 4.31 Å². The molecule has 0 spiro atoms. The molecule has 18 heavy (non-hydrogen) atoms. The average molecular weight is 280 g/mol. The van der Waals surface area contributed by atoms with Gasteiger partial charge < -0.3 is 9.84 Å². The largest absolute Gasteiger partial charge is 0.394 e. The van der Waals surface area contributed by atoms with E-state index in [1.54, 1.807) is 11.4 Å². The average Bonchev–Trinajstić information content (AvgIpc) is 2.63. The molecule has 7 heteroatoms. The van der Waals surface area contributed by atoms with Crippen molar-refractivity contribution in [1.29, 1.82) is 0 Å². The summed E-state index contributed by atoms with van der Waals surface area (Å²) in [7, 11) is -1.78. The van der Waals surface area contributed by atoms with Crippen LogP contribution in [0.15, 0.2) is 0 Å². The molecular weight excluding hydrogens is 256 g/mol. The first kappa shape index (κ1) is 15.8. The quantitative estimate of drug-likeness (QED) is 0.669. The van der Waals surface area contributed by atoms with Crippen LogP contribution in [0.25, 0.3) is 0 Å². The molecule has 0 aromatic carbocycles. The number of rotatable bonds is 7. The maximum absolute atomic E-state index is 12.2. The Bertz CT molecular complexity index is 313. The maximum atomic E-state index is 12.2. The highest BCUT2D eigenvalue weighted by Gasteiger charge is 2.26. The summed E-state index contributed by atoms with van der Waals surface area (Å²) in [5.74, 6) is 0. The number of aliphatic hydroxyl groups is 1. The molecule has 1 heterocycles. The van der Waals surface area contributed by atoms with Gasteiger partial charge in [0, 0.05) is 26.7 Å². The molecular formula is C11H24N2O4S. The van der Waals surface area contributed by atoms with Crippen LogP contribution in [-0.2, 0) is 14.9 Å². The Kier molecular flexibility index (Phi) is 7.10. The number of nitrogens with zero attached hydrogens (tertiary/aromatic N) is 2. The van der Waals surface area contributed by atoms with Gasteiger partial charge in [0.25, 0.3) is 10.2 Å². The first-order chi connectivity index (χ1) is 8.59. The molecule has 0 aromatic heterocycles. The van der Waals surface area contributed by atoms with E-state index in [0.29, 0.717) is 26.2 Å². The number of aliphatic hydroxyl groups excluding tert-OH is 1. The van der Waals surface area contributed by atoms with Gasteiger partial charge >= 0.3 is 0 Å². The molecule has 0 amide bonds. The Hall–Kier alpha value is -0.210. The molecule has 0 bridgehead atoms. The predicted molar refractivity (Wildman–Crippen MR) is 69.5 cm³/mol. The fourth-order valence-corrected chi connectivity index (χ4v) is 3.36. The van der Waals surface area contributed by atoms with Crippen LogP contribution in [0.3, 0.4) is 0 Å². The van der Waals surface area contributed by atoms with Crippen molar-refractivity contribution >= 4 is 10.2 Å². The molecule has 0 aromatic rings. The van der Waals surface area contributed by atoms with Crippen molar-refractivity contribution in [3.05, 3.63) is 0 Å². The third-order valence-corrected chi connectivity index (χ3v) is 5.06. The highest BCUT2D eigenvalue weighted by molar-refractivity contribution is 7.86. The molecule has 1 aliphatic rings. The van der Waals surface area contributed by atoms with Gasteiger partial charge in [-0.05, 0) is 12.8 Å². The molecule has 1 aliphatic heterocycles. The number of hydrogen-bond acceptors (Lipinski definition) is 4. The molecule has 0 atom stereocenters. The predicted octanol–water partition coefficient (Wildman–Crippen LogP) is 0.0479. The highest BCUT2D eigenvalue weighted by atomic mass is 32.2. The lowest BCUT2D eigenvalue weighted by molar-refractivity contribution is 0.0870. The Morgan fingerprint density at radius 2 is 1.78 bits per heavy atom. The van der Waals surface area contributed by atoms with Gasteiger partial charge in [-0.2, -0.15) is 17.0 Å². The topological polar surface area (TPSA) is 70.1 Å². The van der Waals surface area contributed by atoms with Crippen molar-refractivity contribution in [2.45, 2.75) is 25.7 Å². The van der Waals surface area contributed by atoms with E-state index < -0.39 is 10.2 Å². The van der Waals surface area contributed by atoms with Crippen LogP contribution in [0, 0.1) is 0 Å². The SMILES string of the molecule is CN(CCOCCO)S(=O)(=O)N1CCCCCC1. The van der Waals surface area contributed by atoms with Crippen molar-refractivity contribution in [2.24, 2.45) is 0 Å². The van der Waals surface area contributed by atoms with E-state index in [9.17, 15) is 8.42 Å². The maximum Gasteiger partial charge on any atom is 0.281 e. The summed E-state index contributed by atoms with van der Waals surface area (Å²) in [6.45, 7) is 2.07. The Morgan fingerprint density at radius 3 is 2.33 bits per heavy atom. The zero-order chi connectivity index (χ0) is 13.4. The molecule has 0 unspecified atom stereocenters. The first-order valence-corrected chi connectivity index (χ1v) is 7.88. The van der Waals surface area contributed by atoms with Crippen molar-refractivity contribution in [1.82, 2.24) is 8.61 Å². The van der Waals surface area contributed by atoms with Crippen LogP contribution in [0.5, 0.6) is 0 Å². The molecule has 1 fully saturated rings. The highest BCUT2D eigenvalue weighted by Crippen LogP contribution is 2.15. The summed E-state index contributed by atoms with van der Waals surface area (Å²) >= 11 is 0. The van der Waals surface area contributed by atoms with E-state index in [0.717, 1.165) is 25.7 Å². The second kappa shape index (κ2) is 8.06. The van der Waals surface area contributed by atoms with Crippen LogP contribution in [-0.4, -0.2) is 68.6 Å². The van der Waals surface area contributed by atoms with Gasteiger partial charge in [0.05, 0.1) is 19.8 Å². The minimum absolute atomic E-state index is 0.0391. The molecule has 1 N–H and O–H groups in total. The summed E-state index contributed by atoms with van der Waals surface area (Å²) in [4.78, 5) is 0. The fraction of sp³-hybridized carbons (Fsp3) is 1.00. The van der Waals surface area contributed by atoms with E-state index in [2.05, 4.69) is 0 Å². The zero-order valence-corrected chi connectivity index (χ0v) is 11.9. The second-order valence-electron chi connectivity index (χ2n) is 4.48. The first-order valence-electron chi connectivity index (χ1n) is 6.49. The number of hydrogen-bond donors (Lipinski definition) is 1. The minimum Gasteiger partial charge on any atom is -0.394 e. The van der Waals surface area contributed by atoms with Gasteiger partial charge in [-0.1, -0.05) is 12.8 Å². The van der Waals surface area contributed by atoms with Crippen molar-refractivity contribution < 1.29 is 18.3 Å². The van der Waals surface area contributed by atoms with E-state index in [-0.39, 0.29) is 13.2 Å². The Labute approximate surface area is 110 Å². The fourth-order valence-electron chi connectivity index (χ4n) is 1.94. The molecule has 108 valence electrons. The van der Waals surface area contributed by atoms with Gasteiger partial charge in [0.1, 0.15) is 0 Å². The van der Waals surface area contributed by atoms with Gasteiger partial charge in [0.15, 0.2) is 0 Å². The molecule has 1 saturated heterocycles. The molecule has 1 rings (SSSR count). The molecule has 6 nitrogen and oxygen atoms in total. The third-order valence-electron chi connectivity index (χ3n) is 3.07. The van der Waals surface area contributed by atoms with Gasteiger partial charge in [-0.15, -0.1) is 0 Å². The van der Waals surface area contributed by atoms with Crippen molar-refractivity contribution in [3.63, 3.8) is 0 Å². The molecule has 0 aliphatic carbocycles. The summed E-state index contributed by atoms with van der Waals surface area (Å²) in [6, 6.07) is 0. The van der Waals surface area contributed by atoms with Crippen molar-refractivity contribution in [2.75, 3.05) is 46.5 Å². The summed E-state index contributed by atoms with van der Waals surface area (Å²) < 4.78 is 32.5. The summed E-state index contributed by atoms with van der Waals surface area (Å²) in [6.07, 6.45) is 4.09. The van der Waals surface area contributed by atoms with Crippen LogP contribution in [0.4, 0.5) is 0 Å². The Balaban J connectivity index is 2.44. The lowest BCUT2D eigenvalue weighted by Crippen LogP contribution is -2.43. The molecule has 0 saturated carbocycles. The van der Waals surface area contributed by atoms with E-state index in [4.69, 9.17) is 9.84 Å². The molecule has 0 radical (unpaired) electrons. The summed E-state index contributed by atoms with van der Waals surface area (Å²) in [5, 5.41) is 8.56.